The second kappa shape index (κ2) is 5.89. The van der Waals surface area contributed by atoms with Gasteiger partial charge in [-0.05, 0) is 31.6 Å². The van der Waals surface area contributed by atoms with Gasteiger partial charge >= 0.3 is 0 Å². The molecule has 0 heterocycles. The highest BCUT2D eigenvalue weighted by Crippen LogP contribution is 1.97. The number of ketones is 1. The SMILES string of the molecule is CC(=O)CCCCC=S. The zero-order chi connectivity index (χ0) is 7.11. The first-order valence-electron chi connectivity index (χ1n) is 3.20. The molecule has 0 atom stereocenters. The van der Waals surface area contributed by atoms with Crippen LogP contribution in [0.25, 0.3) is 0 Å². The van der Waals surface area contributed by atoms with E-state index < -0.39 is 0 Å². The number of hydrogen-bond acceptors (Lipinski definition) is 2. The molecule has 0 fully saturated rings. The summed E-state index contributed by atoms with van der Waals surface area (Å²) in [6.45, 7) is 1.62. The fraction of sp³-hybridized carbons (Fsp3) is 0.714. The first kappa shape index (κ1) is 8.76. The summed E-state index contributed by atoms with van der Waals surface area (Å²) in [7, 11) is 0. The average molecular weight is 144 g/mol. The number of carbonyl (C=O) groups is 1. The largest absolute Gasteiger partial charge is 0.300 e. The number of hydrogen-bond donors (Lipinski definition) is 0. The molecule has 0 spiro atoms. The van der Waals surface area contributed by atoms with E-state index in [0.29, 0.717) is 6.42 Å². The Labute approximate surface area is 61.4 Å². The van der Waals surface area contributed by atoms with Crippen molar-refractivity contribution >= 4 is 23.4 Å². The van der Waals surface area contributed by atoms with Gasteiger partial charge < -0.3 is 4.79 Å². The quantitative estimate of drug-likeness (QED) is 0.434. The molecule has 0 unspecified atom stereocenters. The number of rotatable bonds is 5. The zero-order valence-corrected chi connectivity index (χ0v) is 6.54. The highest BCUT2D eigenvalue weighted by Gasteiger charge is 1.90. The summed E-state index contributed by atoms with van der Waals surface area (Å²) in [5, 5.41) is 1.72. The summed E-state index contributed by atoms with van der Waals surface area (Å²) >= 11 is 4.62. The smallest absolute Gasteiger partial charge is 0.129 e. The van der Waals surface area contributed by atoms with E-state index in [1.54, 1.807) is 12.3 Å². The molecule has 0 saturated heterocycles. The molecule has 9 heavy (non-hydrogen) atoms. The summed E-state index contributed by atoms with van der Waals surface area (Å²) in [4.78, 5) is 10.4. The van der Waals surface area contributed by atoms with Crippen molar-refractivity contribution < 1.29 is 4.79 Å². The summed E-state index contributed by atoms with van der Waals surface area (Å²) in [6.07, 6.45) is 3.72. The fourth-order valence-corrected chi connectivity index (χ4v) is 0.768. The van der Waals surface area contributed by atoms with Crippen molar-refractivity contribution in [2.24, 2.45) is 0 Å². The number of carbonyl (C=O) groups excluding carboxylic acids is 1. The molecule has 2 heteroatoms. The van der Waals surface area contributed by atoms with E-state index in [-0.39, 0.29) is 5.78 Å². The van der Waals surface area contributed by atoms with Crippen LogP contribution >= 0.6 is 12.2 Å². The highest BCUT2D eigenvalue weighted by atomic mass is 32.1. The van der Waals surface area contributed by atoms with Crippen LogP contribution in [0.1, 0.15) is 32.6 Å². The van der Waals surface area contributed by atoms with Crippen LogP contribution < -0.4 is 0 Å². The predicted molar refractivity (Wildman–Crippen MR) is 42.8 cm³/mol. The van der Waals surface area contributed by atoms with Crippen molar-refractivity contribution in [1.29, 1.82) is 0 Å². The Hall–Kier alpha value is -0.240. The monoisotopic (exact) mass is 144 g/mol. The normalized spacial score (nSPS) is 9.00. The van der Waals surface area contributed by atoms with Gasteiger partial charge in [0.15, 0.2) is 0 Å². The maximum absolute atomic E-state index is 10.4. The Kier molecular flexibility index (Phi) is 5.73. The summed E-state index contributed by atoms with van der Waals surface area (Å²) < 4.78 is 0. The molecule has 0 amide bonds. The Balaban J connectivity index is 2.91. The minimum absolute atomic E-state index is 0.277. The lowest BCUT2D eigenvalue weighted by Crippen LogP contribution is -1.88. The van der Waals surface area contributed by atoms with Crippen molar-refractivity contribution in [1.82, 2.24) is 0 Å². The van der Waals surface area contributed by atoms with Crippen LogP contribution in [0.2, 0.25) is 0 Å². The lowest BCUT2D eigenvalue weighted by molar-refractivity contribution is -0.117. The molecule has 0 rings (SSSR count). The molecule has 0 aromatic heterocycles. The molecule has 0 bridgehead atoms. The van der Waals surface area contributed by atoms with E-state index in [4.69, 9.17) is 0 Å². The molecule has 1 nitrogen and oxygen atoms in total. The molecular formula is C7H12OS. The molecule has 0 radical (unpaired) electrons. The minimum Gasteiger partial charge on any atom is -0.300 e. The molecule has 0 aliphatic carbocycles. The van der Waals surface area contributed by atoms with Gasteiger partial charge in [-0.2, -0.15) is 0 Å². The zero-order valence-electron chi connectivity index (χ0n) is 5.72. The van der Waals surface area contributed by atoms with Crippen LogP contribution in [0.5, 0.6) is 0 Å². The summed E-state index contributed by atoms with van der Waals surface area (Å²) in [5.74, 6) is 0.277. The van der Waals surface area contributed by atoms with E-state index >= 15 is 0 Å². The van der Waals surface area contributed by atoms with Gasteiger partial charge in [0, 0.05) is 6.42 Å². The number of Topliss-reactive ketones (excluding diaryl/α,β-unsaturated/α-hetero) is 1. The summed E-state index contributed by atoms with van der Waals surface area (Å²) in [6, 6.07) is 0. The van der Waals surface area contributed by atoms with Crippen molar-refractivity contribution in [3.63, 3.8) is 0 Å². The minimum atomic E-state index is 0.277. The van der Waals surface area contributed by atoms with E-state index in [2.05, 4.69) is 12.2 Å². The lowest BCUT2D eigenvalue weighted by Gasteiger charge is -1.91. The van der Waals surface area contributed by atoms with E-state index in [0.717, 1.165) is 19.3 Å². The molecule has 52 valence electrons. The number of unbranched alkanes of at least 4 members (excludes halogenated alkanes) is 2. The van der Waals surface area contributed by atoms with Gasteiger partial charge in [-0.25, -0.2) is 0 Å². The fourth-order valence-electron chi connectivity index (χ4n) is 0.602. The van der Waals surface area contributed by atoms with E-state index in [1.807, 2.05) is 0 Å². The van der Waals surface area contributed by atoms with Gasteiger partial charge in [0.25, 0.3) is 0 Å². The van der Waals surface area contributed by atoms with Crippen LogP contribution in [0.4, 0.5) is 0 Å². The Bertz CT molecular complexity index is 99.1. The maximum atomic E-state index is 10.4. The topological polar surface area (TPSA) is 17.1 Å². The Morgan fingerprint density at radius 2 is 2.22 bits per heavy atom. The predicted octanol–water partition coefficient (Wildman–Crippen LogP) is 2.14. The standard InChI is InChI=1S/C7H12OS/c1-7(8)5-3-2-4-6-9/h6H,2-5H2,1H3. The Morgan fingerprint density at radius 3 is 2.67 bits per heavy atom. The Morgan fingerprint density at radius 1 is 1.56 bits per heavy atom. The first-order chi connectivity index (χ1) is 4.27. The van der Waals surface area contributed by atoms with Gasteiger partial charge in [-0.3, -0.25) is 0 Å². The van der Waals surface area contributed by atoms with Crippen molar-refractivity contribution in [2.75, 3.05) is 0 Å². The van der Waals surface area contributed by atoms with Crippen LogP contribution in [-0.4, -0.2) is 11.2 Å². The van der Waals surface area contributed by atoms with Crippen LogP contribution in [0, 0.1) is 0 Å². The third-order valence-electron chi connectivity index (χ3n) is 1.10. The van der Waals surface area contributed by atoms with Crippen molar-refractivity contribution in [3.05, 3.63) is 0 Å². The van der Waals surface area contributed by atoms with E-state index in [1.165, 1.54) is 0 Å². The maximum Gasteiger partial charge on any atom is 0.129 e. The first-order valence-corrected chi connectivity index (χ1v) is 3.67. The third kappa shape index (κ3) is 7.76. The number of thiocarbonyl (C=S) groups is 1. The third-order valence-corrected chi connectivity index (χ3v) is 1.34. The molecule has 0 aromatic rings. The van der Waals surface area contributed by atoms with Crippen LogP contribution in [0.15, 0.2) is 0 Å². The van der Waals surface area contributed by atoms with Crippen molar-refractivity contribution in [3.8, 4) is 0 Å². The second-order valence-electron chi connectivity index (χ2n) is 2.11. The molecular weight excluding hydrogens is 132 g/mol. The molecule has 0 aliphatic rings. The van der Waals surface area contributed by atoms with E-state index in [9.17, 15) is 4.79 Å². The highest BCUT2D eigenvalue weighted by molar-refractivity contribution is 7.78. The van der Waals surface area contributed by atoms with Gasteiger partial charge in [-0.15, -0.1) is 0 Å². The summed E-state index contributed by atoms with van der Waals surface area (Å²) in [5.41, 5.74) is 0. The van der Waals surface area contributed by atoms with Crippen LogP contribution in [0.3, 0.4) is 0 Å². The van der Waals surface area contributed by atoms with Gasteiger partial charge in [0.2, 0.25) is 0 Å². The lowest BCUT2D eigenvalue weighted by atomic mass is 10.2. The van der Waals surface area contributed by atoms with Gasteiger partial charge in [-0.1, -0.05) is 12.2 Å². The molecule has 0 saturated carbocycles. The average Bonchev–Trinajstić information content (AvgIpc) is 1.80. The van der Waals surface area contributed by atoms with Gasteiger partial charge in [0.1, 0.15) is 5.78 Å². The molecule has 0 aromatic carbocycles. The molecule has 0 aliphatic heterocycles. The van der Waals surface area contributed by atoms with Crippen LogP contribution in [-0.2, 0) is 4.79 Å². The second-order valence-corrected chi connectivity index (χ2v) is 2.45. The molecule has 0 N–H and O–H groups in total. The van der Waals surface area contributed by atoms with Crippen molar-refractivity contribution in [2.45, 2.75) is 32.6 Å². The van der Waals surface area contributed by atoms with Gasteiger partial charge in [0.05, 0.1) is 0 Å².